The second-order valence-corrected chi connectivity index (χ2v) is 5.45. The maximum atomic E-state index is 12.4. The minimum Gasteiger partial charge on any atom is -0.349 e. The molecular formula is C15H21N3O3. The molecule has 0 unspecified atom stereocenters. The number of amides is 2. The van der Waals surface area contributed by atoms with Crippen LogP contribution >= 0.6 is 0 Å². The number of carbonyl (C=O) groups excluding carboxylic acids is 3. The molecule has 1 fully saturated rings. The predicted molar refractivity (Wildman–Crippen MR) is 78.1 cm³/mol. The van der Waals surface area contributed by atoms with Crippen molar-refractivity contribution in [2.24, 2.45) is 0 Å². The number of ketones is 1. The second kappa shape index (κ2) is 5.71. The monoisotopic (exact) mass is 291 g/mol. The topological polar surface area (TPSA) is 62.6 Å². The molecule has 2 rings (SSSR count). The van der Waals surface area contributed by atoms with Crippen molar-refractivity contribution >= 4 is 17.6 Å². The average Bonchev–Trinajstić information content (AvgIpc) is 2.70. The molecule has 0 aromatic carbocycles. The molecular weight excluding hydrogens is 270 g/mol. The van der Waals surface area contributed by atoms with E-state index in [1.54, 1.807) is 7.05 Å². The Kier molecular flexibility index (Phi) is 4.16. The molecule has 0 atom stereocenters. The summed E-state index contributed by atoms with van der Waals surface area (Å²) in [5, 5.41) is 0. The van der Waals surface area contributed by atoms with Gasteiger partial charge in [-0.05, 0) is 26.8 Å². The van der Waals surface area contributed by atoms with Crippen molar-refractivity contribution in [3.63, 3.8) is 0 Å². The SMILES string of the molecule is CCn1c(C)cc(C(=O)CN2CC(=O)N(C)CC2=O)c1C. The van der Waals surface area contributed by atoms with Gasteiger partial charge in [0.1, 0.15) is 6.54 Å². The summed E-state index contributed by atoms with van der Waals surface area (Å²) in [5.74, 6) is -0.440. The summed E-state index contributed by atoms with van der Waals surface area (Å²) in [6, 6.07) is 1.85. The van der Waals surface area contributed by atoms with Gasteiger partial charge >= 0.3 is 0 Å². The number of carbonyl (C=O) groups is 3. The highest BCUT2D eigenvalue weighted by molar-refractivity contribution is 6.02. The van der Waals surface area contributed by atoms with Gasteiger partial charge in [0.25, 0.3) is 0 Å². The molecule has 0 saturated carbocycles. The maximum absolute atomic E-state index is 12.4. The molecule has 1 aliphatic heterocycles. The Bertz CT molecular complexity index is 604. The molecule has 0 spiro atoms. The summed E-state index contributed by atoms with van der Waals surface area (Å²) >= 11 is 0. The number of aryl methyl sites for hydroxylation is 1. The molecule has 0 N–H and O–H groups in total. The largest absolute Gasteiger partial charge is 0.349 e. The van der Waals surface area contributed by atoms with E-state index in [0.717, 1.165) is 17.9 Å². The Balaban J connectivity index is 2.15. The zero-order valence-corrected chi connectivity index (χ0v) is 13.0. The molecule has 1 aromatic rings. The van der Waals surface area contributed by atoms with Gasteiger partial charge in [-0.25, -0.2) is 0 Å². The number of nitrogens with zero attached hydrogens (tertiary/aromatic N) is 3. The summed E-state index contributed by atoms with van der Waals surface area (Å²) < 4.78 is 2.06. The first-order valence-corrected chi connectivity index (χ1v) is 7.06. The van der Waals surface area contributed by atoms with Crippen molar-refractivity contribution in [3.05, 3.63) is 23.0 Å². The van der Waals surface area contributed by atoms with E-state index in [2.05, 4.69) is 4.57 Å². The zero-order chi connectivity index (χ0) is 15.7. The van der Waals surface area contributed by atoms with Gasteiger partial charge in [-0.1, -0.05) is 0 Å². The molecule has 1 aliphatic rings. The van der Waals surface area contributed by atoms with Gasteiger partial charge < -0.3 is 14.4 Å². The highest BCUT2D eigenvalue weighted by Crippen LogP contribution is 2.16. The normalized spacial score (nSPS) is 15.8. The standard InChI is InChI=1S/C15H21N3O3/c1-5-18-10(2)6-12(11(18)3)13(19)7-17-9-14(20)16(4)8-15(17)21/h6H,5,7-9H2,1-4H3. The smallest absolute Gasteiger partial charge is 0.243 e. The number of piperazine rings is 1. The van der Waals surface area contributed by atoms with Crippen LogP contribution in [0.25, 0.3) is 0 Å². The summed E-state index contributed by atoms with van der Waals surface area (Å²) in [6.07, 6.45) is 0. The van der Waals surface area contributed by atoms with Gasteiger partial charge in [0.05, 0.1) is 13.1 Å². The number of rotatable bonds is 4. The van der Waals surface area contributed by atoms with Crippen molar-refractivity contribution in [2.45, 2.75) is 27.3 Å². The Labute approximate surface area is 124 Å². The van der Waals surface area contributed by atoms with Crippen LogP contribution < -0.4 is 0 Å². The van der Waals surface area contributed by atoms with Crippen LogP contribution in [0.4, 0.5) is 0 Å². The Morgan fingerprint density at radius 3 is 2.43 bits per heavy atom. The van der Waals surface area contributed by atoms with E-state index in [9.17, 15) is 14.4 Å². The van der Waals surface area contributed by atoms with E-state index in [1.807, 2.05) is 26.8 Å². The fourth-order valence-electron chi connectivity index (χ4n) is 2.74. The predicted octanol–water partition coefficient (Wildman–Crippen LogP) is 0.608. The number of aromatic nitrogens is 1. The van der Waals surface area contributed by atoms with Crippen molar-refractivity contribution in [3.8, 4) is 0 Å². The fraction of sp³-hybridized carbons (Fsp3) is 0.533. The van der Waals surface area contributed by atoms with Gasteiger partial charge in [0, 0.05) is 30.5 Å². The van der Waals surface area contributed by atoms with Crippen molar-refractivity contribution in [1.82, 2.24) is 14.4 Å². The van der Waals surface area contributed by atoms with Gasteiger partial charge in [-0.3, -0.25) is 14.4 Å². The average molecular weight is 291 g/mol. The van der Waals surface area contributed by atoms with Crippen LogP contribution in [0.5, 0.6) is 0 Å². The highest BCUT2D eigenvalue weighted by Gasteiger charge is 2.29. The molecule has 6 nitrogen and oxygen atoms in total. The molecule has 0 aliphatic carbocycles. The minimum absolute atomic E-state index is 0.0202. The molecule has 1 saturated heterocycles. The second-order valence-electron chi connectivity index (χ2n) is 5.45. The van der Waals surface area contributed by atoms with Gasteiger partial charge in [0.15, 0.2) is 5.78 Å². The van der Waals surface area contributed by atoms with E-state index < -0.39 is 0 Å². The molecule has 0 bridgehead atoms. The Hall–Kier alpha value is -2.11. The van der Waals surface area contributed by atoms with E-state index >= 15 is 0 Å². The van der Waals surface area contributed by atoms with Crippen molar-refractivity contribution < 1.29 is 14.4 Å². The lowest BCUT2D eigenvalue weighted by Gasteiger charge is -2.31. The third-order valence-electron chi connectivity index (χ3n) is 4.00. The van der Waals surface area contributed by atoms with Crippen molar-refractivity contribution in [2.75, 3.05) is 26.7 Å². The lowest BCUT2D eigenvalue weighted by atomic mass is 10.1. The summed E-state index contributed by atoms with van der Waals surface area (Å²) in [5.41, 5.74) is 2.57. The Morgan fingerprint density at radius 2 is 1.86 bits per heavy atom. The van der Waals surface area contributed by atoms with Crippen LogP contribution in [0.3, 0.4) is 0 Å². The Morgan fingerprint density at radius 1 is 1.19 bits per heavy atom. The summed E-state index contributed by atoms with van der Waals surface area (Å²) in [7, 11) is 1.59. The minimum atomic E-state index is -0.185. The molecule has 1 aromatic heterocycles. The first-order valence-electron chi connectivity index (χ1n) is 7.06. The third-order valence-corrected chi connectivity index (χ3v) is 4.00. The lowest BCUT2D eigenvalue weighted by Crippen LogP contribution is -2.53. The van der Waals surface area contributed by atoms with Crippen LogP contribution in [-0.2, 0) is 16.1 Å². The molecule has 21 heavy (non-hydrogen) atoms. The summed E-state index contributed by atoms with van der Waals surface area (Å²) in [6.45, 7) is 6.67. The maximum Gasteiger partial charge on any atom is 0.243 e. The van der Waals surface area contributed by atoms with Crippen LogP contribution in [0.15, 0.2) is 6.07 Å². The zero-order valence-electron chi connectivity index (χ0n) is 13.0. The highest BCUT2D eigenvalue weighted by atomic mass is 16.2. The van der Waals surface area contributed by atoms with Crippen molar-refractivity contribution in [1.29, 1.82) is 0 Å². The molecule has 6 heteroatoms. The molecule has 2 amide bonds. The van der Waals surface area contributed by atoms with Crippen LogP contribution in [0.2, 0.25) is 0 Å². The van der Waals surface area contributed by atoms with Crippen LogP contribution in [0.1, 0.15) is 28.7 Å². The molecule has 2 heterocycles. The van der Waals surface area contributed by atoms with E-state index in [4.69, 9.17) is 0 Å². The molecule has 114 valence electrons. The van der Waals surface area contributed by atoms with E-state index in [1.165, 1.54) is 9.80 Å². The lowest BCUT2D eigenvalue weighted by molar-refractivity contribution is -0.148. The number of hydrogen-bond acceptors (Lipinski definition) is 3. The number of likely N-dealkylation sites (N-methyl/N-ethyl adjacent to an activating group) is 1. The van der Waals surface area contributed by atoms with Gasteiger partial charge in [-0.15, -0.1) is 0 Å². The number of Topliss-reactive ketones (excluding diaryl/α,β-unsaturated/α-hetero) is 1. The number of hydrogen-bond donors (Lipinski definition) is 0. The van der Waals surface area contributed by atoms with Crippen LogP contribution in [-0.4, -0.2) is 58.6 Å². The fourth-order valence-corrected chi connectivity index (χ4v) is 2.74. The third kappa shape index (κ3) is 2.84. The van der Waals surface area contributed by atoms with E-state index in [-0.39, 0.29) is 37.2 Å². The first kappa shape index (κ1) is 15.3. The quantitative estimate of drug-likeness (QED) is 0.764. The molecule has 0 radical (unpaired) electrons. The van der Waals surface area contributed by atoms with Gasteiger partial charge in [0.2, 0.25) is 11.8 Å². The summed E-state index contributed by atoms with van der Waals surface area (Å²) in [4.78, 5) is 38.7. The first-order chi connectivity index (χ1) is 9.85. The van der Waals surface area contributed by atoms with E-state index in [0.29, 0.717) is 5.56 Å². The van der Waals surface area contributed by atoms with Gasteiger partial charge in [-0.2, -0.15) is 0 Å². The van der Waals surface area contributed by atoms with Crippen LogP contribution in [0, 0.1) is 13.8 Å².